The van der Waals surface area contributed by atoms with Crippen molar-refractivity contribution in [2.75, 3.05) is 6.61 Å². The number of unbranched alkanes of at least 4 members (excludes halogenated alkanes) is 3. The zero-order valence-electron chi connectivity index (χ0n) is 25.3. The fraction of sp³-hybridized carbons (Fsp3) is 0.735. The summed E-state index contributed by atoms with van der Waals surface area (Å²) in [6.45, 7) is 16.3. The lowest BCUT2D eigenvalue weighted by atomic mass is 9.83. The van der Waals surface area contributed by atoms with E-state index in [1.807, 2.05) is 0 Å². The van der Waals surface area contributed by atoms with Crippen LogP contribution in [0.3, 0.4) is 0 Å². The highest BCUT2D eigenvalue weighted by atomic mass is 16.5. The van der Waals surface area contributed by atoms with Crippen molar-refractivity contribution in [1.82, 2.24) is 0 Å². The Kier molecular flexibility index (Phi) is 17.6. The first kappa shape index (κ1) is 33.4. The number of allylic oxidation sites excluding steroid dienone is 6. The predicted molar refractivity (Wildman–Crippen MR) is 160 cm³/mol. The molecule has 37 heavy (non-hydrogen) atoms. The van der Waals surface area contributed by atoms with Gasteiger partial charge in [0.25, 0.3) is 0 Å². The second-order valence-electron chi connectivity index (χ2n) is 11.8. The van der Waals surface area contributed by atoms with Crippen LogP contribution in [0, 0.1) is 17.8 Å². The van der Waals surface area contributed by atoms with Gasteiger partial charge in [0, 0.05) is 12.5 Å². The van der Waals surface area contributed by atoms with E-state index in [4.69, 9.17) is 9.84 Å². The van der Waals surface area contributed by atoms with E-state index >= 15 is 0 Å². The van der Waals surface area contributed by atoms with Gasteiger partial charge in [-0.1, -0.05) is 94.4 Å². The van der Waals surface area contributed by atoms with Crippen molar-refractivity contribution in [2.45, 2.75) is 138 Å². The summed E-state index contributed by atoms with van der Waals surface area (Å²) in [7, 11) is 0. The van der Waals surface area contributed by atoms with Gasteiger partial charge in [-0.15, -0.1) is 0 Å². The Bertz CT molecular complexity index is 770. The molecule has 0 aromatic heterocycles. The Labute approximate surface area is 229 Å². The average molecular weight is 515 g/mol. The van der Waals surface area contributed by atoms with Crippen LogP contribution in [0.2, 0.25) is 0 Å². The number of hydrogen-bond donors (Lipinski definition) is 1. The lowest BCUT2D eigenvalue weighted by molar-refractivity contribution is -0.141. The fourth-order valence-electron chi connectivity index (χ4n) is 5.00. The summed E-state index contributed by atoms with van der Waals surface area (Å²) in [6, 6.07) is 0. The highest BCUT2D eigenvalue weighted by Gasteiger charge is 2.26. The lowest BCUT2D eigenvalue weighted by Gasteiger charge is -2.31. The molecule has 0 radical (unpaired) electrons. The molecule has 0 amide bonds. The molecule has 3 heteroatoms. The number of carboxylic acid groups (broad SMARTS) is 1. The first-order valence-corrected chi connectivity index (χ1v) is 15.2. The smallest absolute Gasteiger partial charge is 0.306 e. The molecule has 4 unspecified atom stereocenters. The van der Waals surface area contributed by atoms with E-state index in [0.717, 1.165) is 44.6 Å². The van der Waals surface area contributed by atoms with Crippen LogP contribution in [0.15, 0.2) is 46.6 Å². The molecule has 0 spiro atoms. The second-order valence-corrected chi connectivity index (χ2v) is 11.8. The van der Waals surface area contributed by atoms with Crippen molar-refractivity contribution >= 4 is 5.97 Å². The number of aliphatic carboxylic acids is 1. The van der Waals surface area contributed by atoms with Gasteiger partial charge in [-0.05, 0) is 90.0 Å². The first-order chi connectivity index (χ1) is 17.6. The third kappa shape index (κ3) is 14.8. The first-order valence-electron chi connectivity index (χ1n) is 15.2. The Balaban J connectivity index is 2.33. The summed E-state index contributed by atoms with van der Waals surface area (Å²) in [6.07, 6.45) is 24.4. The Morgan fingerprint density at radius 1 is 0.973 bits per heavy atom. The van der Waals surface area contributed by atoms with Crippen LogP contribution < -0.4 is 0 Å². The van der Waals surface area contributed by atoms with Gasteiger partial charge in [0.1, 0.15) is 0 Å². The summed E-state index contributed by atoms with van der Waals surface area (Å²) >= 11 is 0. The molecule has 0 aromatic carbocycles. The van der Waals surface area contributed by atoms with E-state index in [-0.39, 0.29) is 12.0 Å². The highest BCUT2D eigenvalue weighted by molar-refractivity contribution is 5.69. The summed E-state index contributed by atoms with van der Waals surface area (Å²) in [5.74, 6) is 0.270. The van der Waals surface area contributed by atoms with Gasteiger partial charge in [0.05, 0.1) is 12.0 Å². The highest BCUT2D eigenvalue weighted by Crippen LogP contribution is 2.32. The SMILES string of the molecule is CCCCCCOC1C(CCC(C)CCCC(C)=CCCC(C)=CCCC(C)C(=O)O)=CC=C(C)C1C. The lowest BCUT2D eigenvalue weighted by Crippen LogP contribution is -2.28. The van der Waals surface area contributed by atoms with Crippen LogP contribution in [0.5, 0.6) is 0 Å². The number of carboxylic acids is 1. The Morgan fingerprint density at radius 3 is 2.38 bits per heavy atom. The van der Waals surface area contributed by atoms with Crippen LogP contribution in [0.25, 0.3) is 0 Å². The molecule has 0 aromatic rings. The third-order valence-corrected chi connectivity index (χ3v) is 8.13. The zero-order chi connectivity index (χ0) is 27.6. The van der Waals surface area contributed by atoms with Gasteiger partial charge in [-0.25, -0.2) is 0 Å². The maximum atomic E-state index is 10.9. The normalized spacial score (nSPS) is 20.4. The van der Waals surface area contributed by atoms with Gasteiger partial charge < -0.3 is 9.84 Å². The van der Waals surface area contributed by atoms with Crippen molar-refractivity contribution in [3.63, 3.8) is 0 Å². The van der Waals surface area contributed by atoms with E-state index in [1.54, 1.807) is 6.92 Å². The molecule has 0 aliphatic heterocycles. The number of ether oxygens (including phenoxy) is 1. The van der Waals surface area contributed by atoms with E-state index < -0.39 is 5.97 Å². The van der Waals surface area contributed by atoms with Crippen molar-refractivity contribution < 1.29 is 14.6 Å². The van der Waals surface area contributed by atoms with E-state index in [2.05, 4.69) is 65.8 Å². The van der Waals surface area contributed by atoms with Gasteiger partial charge in [-0.3, -0.25) is 4.79 Å². The maximum absolute atomic E-state index is 10.9. The molecule has 212 valence electrons. The summed E-state index contributed by atoms with van der Waals surface area (Å²) < 4.78 is 6.42. The standard InChI is InChI=1S/C34H58O3/c1-8-9-10-11-25-37-33-31(7)29(5)22-24-32(33)23-21-28(4)18-13-17-26(2)15-12-16-27(3)19-14-20-30(6)34(35)36/h15,19,22,24,28,30-31,33H,8-14,16-18,20-21,23,25H2,1-7H3,(H,35,36). The molecule has 1 rings (SSSR count). The van der Waals surface area contributed by atoms with Crippen molar-refractivity contribution in [3.05, 3.63) is 46.6 Å². The molecule has 0 saturated heterocycles. The fourth-order valence-corrected chi connectivity index (χ4v) is 5.00. The monoisotopic (exact) mass is 514 g/mol. The van der Waals surface area contributed by atoms with Gasteiger partial charge in [-0.2, -0.15) is 0 Å². The molecule has 1 aliphatic carbocycles. The molecule has 0 fully saturated rings. The topological polar surface area (TPSA) is 46.5 Å². The average Bonchev–Trinajstić information content (AvgIpc) is 2.85. The van der Waals surface area contributed by atoms with Crippen molar-refractivity contribution in [1.29, 1.82) is 0 Å². The van der Waals surface area contributed by atoms with E-state index in [9.17, 15) is 4.79 Å². The van der Waals surface area contributed by atoms with Crippen LogP contribution in [0.4, 0.5) is 0 Å². The molecule has 4 atom stereocenters. The maximum Gasteiger partial charge on any atom is 0.306 e. The molecule has 0 saturated carbocycles. The molecule has 1 aliphatic rings. The van der Waals surface area contributed by atoms with Crippen LogP contribution in [-0.2, 0) is 9.53 Å². The minimum absolute atomic E-state index is 0.257. The van der Waals surface area contributed by atoms with E-state index in [0.29, 0.717) is 5.92 Å². The molecular weight excluding hydrogens is 456 g/mol. The number of carbonyl (C=O) groups is 1. The van der Waals surface area contributed by atoms with Crippen molar-refractivity contribution in [3.8, 4) is 0 Å². The molecule has 1 N–H and O–H groups in total. The third-order valence-electron chi connectivity index (χ3n) is 8.13. The number of rotatable bonds is 20. The van der Waals surface area contributed by atoms with Crippen molar-refractivity contribution in [2.24, 2.45) is 17.8 Å². The Hall–Kier alpha value is -1.61. The van der Waals surface area contributed by atoms with Gasteiger partial charge in [0.15, 0.2) is 0 Å². The second kappa shape index (κ2) is 19.5. The number of hydrogen-bond acceptors (Lipinski definition) is 2. The zero-order valence-corrected chi connectivity index (χ0v) is 25.3. The van der Waals surface area contributed by atoms with E-state index in [1.165, 1.54) is 73.7 Å². The minimum atomic E-state index is -0.696. The summed E-state index contributed by atoms with van der Waals surface area (Å²) in [5, 5.41) is 8.99. The summed E-state index contributed by atoms with van der Waals surface area (Å²) in [4.78, 5) is 10.9. The molecule has 3 nitrogen and oxygen atoms in total. The Morgan fingerprint density at radius 2 is 1.68 bits per heavy atom. The largest absolute Gasteiger partial charge is 0.481 e. The molecule has 0 bridgehead atoms. The quantitative estimate of drug-likeness (QED) is 0.130. The van der Waals surface area contributed by atoms with Crippen LogP contribution in [0.1, 0.15) is 132 Å². The predicted octanol–water partition coefficient (Wildman–Crippen LogP) is 10.2. The van der Waals surface area contributed by atoms with Gasteiger partial charge in [0.2, 0.25) is 0 Å². The minimum Gasteiger partial charge on any atom is -0.481 e. The molecule has 0 heterocycles. The summed E-state index contributed by atoms with van der Waals surface area (Å²) in [5.41, 5.74) is 5.81. The van der Waals surface area contributed by atoms with Gasteiger partial charge >= 0.3 is 5.97 Å². The van der Waals surface area contributed by atoms with Crippen LogP contribution in [-0.4, -0.2) is 23.8 Å². The van der Waals surface area contributed by atoms with Crippen LogP contribution >= 0.6 is 0 Å². The molecular formula is C34H58O3.